The van der Waals surface area contributed by atoms with E-state index in [2.05, 4.69) is 17.2 Å². The van der Waals surface area contributed by atoms with E-state index in [0.29, 0.717) is 62.2 Å². The maximum Gasteiger partial charge on any atom is 0.316 e. The van der Waals surface area contributed by atoms with Crippen LogP contribution in [0.2, 0.25) is 5.02 Å². The Labute approximate surface area is 235 Å². The van der Waals surface area contributed by atoms with Crippen LogP contribution in [0.1, 0.15) is 25.3 Å². The van der Waals surface area contributed by atoms with Crippen LogP contribution in [0.15, 0.2) is 65.6 Å². The molecule has 0 amide bonds. The number of piperazine rings is 1. The van der Waals surface area contributed by atoms with Gasteiger partial charge in [-0.1, -0.05) is 48.0 Å². The monoisotopic (exact) mass is 574 g/mol. The van der Waals surface area contributed by atoms with Crippen molar-refractivity contribution >= 4 is 27.3 Å². The van der Waals surface area contributed by atoms with Crippen LogP contribution in [-0.4, -0.2) is 74.3 Å². The third kappa shape index (κ3) is 7.82. The van der Waals surface area contributed by atoms with Gasteiger partial charge in [0, 0.05) is 37.8 Å². The summed E-state index contributed by atoms with van der Waals surface area (Å²) in [6.07, 6.45) is 3.89. The average molecular weight is 575 g/mol. The summed E-state index contributed by atoms with van der Waals surface area (Å²) in [4.78, 5) is 15.4. The molecular formula is C28H35ClN4O5S. The van der Waals surface area contributed by atoms with Crippen molar-refractivity contribution in [2.75, 3.05) is 56.7 Å². The number of halogens is 1. The van der Waals surface area contributed by atoms with E-state index in [-0.39, 0.29) is 18.1 Å². The molecule has 39 heavy (non-hydrogen) atoms. The van der Waals surface area contributed by atoms with Crippen molar-refractivity contribution in [1.29, 1.82) is 0 Å². The highest BCUT2D eigenvalue weighted by Gasteiger charge is 2.29. The molecule has 0 saturated carbocycles. The summed E-state index contributed by atoms with van der Waals surface area (Å²) >= 11 is 6.12. The van der Waals surface area contributed by atoms with Crippen LogP contribution in [0.25, 0.3) is 5.69 Å². The van der Waals surface area contributed by atoms with Gasteiger partial charge in [-0.3, -0.25) is 4.79 Å². The molecule has 1 aromatic heterocycles. The van der Waals surface area contributed by atoms with E-state index in [0.717, 1.165) is 12.8 Å². The highest BCUT2D eigenvalue weighted by atomic mass is 35.5. The minimum Gasteiger partial charge on any atom is -0.484 e. The lowest BCUT2D eigenvalue weighted by Gasteiger charge is -2.35. The van der Waals surface area contributed by atoms with Gasteiger partial charge in [0.2, 0.25) is 15.8 Å². The molecule has 1 saturated heterocycles. The van der Waals surface area contributed by atoms with Crippen molar-refractivity contribution in [3.63, 3.8) is 0 Å². The number of aromatic nitrogens is 2. The Bertz CT molecular complexity index is 1380. The molecule has 1 fully saturated rings. The van der Waals surface area contributed by atoms with Gasteiger partial charge in [-0.2, -0.15) is 14.1 Å². The molecule has 0 aliphatic carbocycles. The zero-order valence-electron chi connectivity index (χ0n) is 22.2. The van der Waals surface area contributed by atoms with E-state index in [9.17, 15) is 13.2 Å². The van der Waals surface area contributed by atoms with Gasteiger partial charge in [0.25, 0.3) is 0 Å². The molecule has 0 unspecified atom stereocenters. The summed E-state index contributed by atoms with van der Waals surface area (Å²) in [7, 11) is -3.36. The first kappa shape index (κ1) is 29.1. The second-order valence-electron chi connectivity index (χ2n) is 9.25. The van der Waals surface area contributed by atoms with Gasteiger partial charge >= 0.3 is 5.56 Å². The quantitative estimate of drug-likeness (QED) is 0.287. The zero-order chi connectivity index (χ0) is 27.7. The van der Waals surface area contributed by atoms with E-state index in [1.165, 1.54) is 10.2 Å². The molecular weight excluding hydrogens is 540 g/mol. The van der Waals surface area contributed by atoms with Gasteiger partial charge in [0.1, 0.15) is 12.3 Å². The Kier molecular flexibility index (Phi) is 10.4. The van der Waals surface area contributed by atoms with Crippen molar-refractivity contribution in [3.8, 4) is 11.4 Å². The topological polar surface area (TPSA) is 94.0 Å². The fraction of sp³-hybridized carbons (Fsp3) is 0.429. The molecule has 1 aliphatic rings. The number of nitrogens with zero attached hydrogens (tertiary/aromatic N) is 4. The lowest BCUT2D eigenvalue weighted by Crippen LogP contribution is -2.49. The van der Waals surface area contributed by atoms with Gasteiger partial charge in [0.15, 0.2) is 0 Å². The van der Waals surface area contributed by atoms with E-state index < -0.39 is 15.6 Å². The predicted molar refractivity (Wildman–Crippen MR) is 154 cm³/mol. The normalized spacial score (nSPS) is 14.5. The fourth-order valence-corrected chi connectivity index (χ4v) is 6.25. The van der Waals surface area contributed by atoms with Crippen molar-refractivity contribution in [3.05, 3.63) is 81.7 Å². The Morgan fingerprint density at radius 3 is 2.46 bits per heavy atom. The molecule has 11 heteroatoms. The first-order valence-corrected chi connectivity index (χ1v) is 15.2. The summed E-state index contributed by atoms with van der Waals surface area (Å²) in [6.45, 7) is 4.48. The third-order valence-corrected chi connectivity index (χ3v) is 8.77. The number of ether oxygens (including phenoxy) is 2. The molecule has 3 aromatic rings. The number of benzene rings is 2. The van der Waals surface area contributed by atoms with Gasteiger partial charge < -0.3 is 14.4 Å². The summed E-state index contributed by atoms with van der Waals surface area (Å²) in [6, 6.07) is 17.0. The highest BCUT2D eigenvalue weighted by molar-refractivity contribution is 7.89. The molecule has 1 aliphatic heterocycles. The fourth-order valence-electron chi connectivity index (χ4n) is 4.52. The van der Waals surface area contributed by atoms with Crippen LogP contribution < -0.4 is 15.2 Å². The number of hydrogen-bond acceptors (Lipinski definition) is 7. The SMILES string of the molecule is CCOCCOc1c(N2CCN(S(=O)(=O)CCCCc3ccccc3)CC2)cnn(-c2cccc(Cl)c2)c1=O. The van der Waals surface area contributed by atoms with Crippen molar-refractivity contribution in [1.82, 2.24) is 14.1 Å². The molecule has 4 rings (SSSR count). The van der Waals surface area contributed by atoms with Gasteiger partial charge in [-0.05, 0) is 49.9 Å². The Morgan fingerprint density at radius 1 is 0.974 bits per heavy atom. The maximum absolute atomic E-state index is 13.4. The molecule has 0 atom stereocenters. The number of hydrogen-bond donors (Lipinski definition) is 0. The van der Waals surface area contributed by atoms with Gasteiger partial charge in [0.05, 0.1) is 24.2 Å². The minimum absolute atomic E-state index is 0.128. The van der Waals surface area contributed by atoms with Crippen LogP contribution in [-0.2, 0) is 21.2 Å². The smallest absolute Gasteiger partial charge is 0.316 e. The summed E-state index contributed by atoms with van der Waals surface area (Å²) < 4.78 is 40.0. The molecule has 0 N–H and O–H groups in total. The lowest BCUT2D eigenvalue weighted by atomic mass is 10.1. The van der Waals surface area contributed by atoms with E-state index in [4.69, 9.17) is 21.1 Å². The number of aryl methyl sites for hydroxylation is 1. The molecule has 0 spiro atoms. The Morgan fingerprint density at radius 2 is 1.74 bits per heavy atom. The summed E-state index contributed by atoms with van der Waals surface area (Å²) in [5.41, 5.74) is 1.86. The largest absolute Gasteiger partial charge is 0.484 e. The third-order valence-electron chi connectivity index (χ3n) is 6.58. The average Bonchev–Trinajstić information content (AvgIpc) is 2.95. The number of anilines is 1. The lowest BCUT2D eigenvalue weighted by molar-refractivity contribution is 0.109. The van der Waals surface area contributed by atoms with Crippen molar-refractivity contribution < 1.29 is 17.9 Å². The number of rotatable bonds is 13. The molecule has 210 valence electrons. The molecule has 2 heterocycles. The zero-order valence-corrected chi connectivity index (χ0v) is 23.7. The van der Waals surface area contributed by atoms with Crippen LogP contribution in [0.4, 0.5) is 5.69 Å². The number of sulfonamides is 1. The number of unbranched alkanes of at least 4 members (excludes halogenated alkanes) is 1. The van der Waals surface area contributed by atoms with Crippen molar-refractivity contribution in [2.45, 2.75) is 26.2 Å². The minimum atomic E-state index is -3.36. The predicted octanol–water partition coefficient (Wildman–Crippen LogP) is 3.78. The standard InChI is InChI=1S/C28H35ClN4O5S/c1-2-37-18-19-38-27-26(22-30-33(28(27)34)25-13-8-12-24(29)21-25)31-14-16-32(17-15-31)39(35,36)20-7-6-11-23-9-4-3-5-10-23/h3-5,8-10,12-13,21-22H,2,6-7,11,14-20H2,1H3. The van der Waals surface area contributed by atoms with Crippen LogP contribution in [0.5, 0.6) is 5.75 Å². The van der Waals surface area contributed by atoms with E-state index in [1.807, 2.05) is 30.0 Å². The van der Waals surface area contributed by atoms with Crippen LogP contribution in [0, 0.1) is 0 Å². The van der Waals surface area contributed by atoms with Gasteiger partial charge in [-0.25, -0.2) is 8.42 Å². The van der Waals surface area contributed by atoms with E-state index in [1.54, 1.807) is 34.8 Å². The van der Waals surface area contributed by atoms with E-state index >= 15 is 0 Å². The Balaban J connectivity index is 1.42. The summed E-state index contributed by atoms with van der Waals surface area (Å²) in [5.74, 6) is 0.282. The first-order valence-electron chi connectivity index (χ1n) is 13.2. The Hall–Kier alpha value is -2.92. The molecule has 9 nitrogen and oxygen atoms in total. The molecule has 0 bridgehead atoms. The van der Waals surface area contributed by atoms with Crippen molar-refractivity contribution in [2.24, 2.45) is 0 Å². The first-order chi connectivity index (χ1) is 18.9. The molecule has 2 aromatic carbocycles. The van der Waals surface area contributed by atoms with Crippen LogP contribution >= 0.6 is 11.6 Å². The van der Waals surface area contributed by atoms with Crippen LogP contribution in [0.3, 0.4) is 0 Å². The molecule has 0 radical (unpaired) electrons. The summed E-state index contributed by atoms with van der Waals surface area (Å²) in [5, 5.41) is 4.86. The highest BCUT2D eigenvalue weighted by Crippen LogP contribution is 2.26. The second-order valence-corrected chi connectivity index (χ2v) is 11.8. The maximum atomic E-state index is 13.4. The van der Waals surface area contributed by atoms with Gasteiger partial charge in [-0.15, -0.1) is 0 Å². The second kappa shape index (κ2) is 13.9.